The zero-order chi connectivity index (χ0) is 14.7. The lowest BCUT2D eigenvalue weighted by Crippen LogP contribution is -2.23. The van der Waals surface area contributed by atoms with Gasteiger partial charge in [-0.05, 0) is 50.6 Å². The van der Waals surface area contributed by atoms with E-state index in [1.165, 1.54) is 6.07 Å². The van der Waals surface area contributed by atoms with Crippen molar-refractivity contribution in [2.45, 2.75) is 33.4 Å². The summed E-state index contributed by atoms with van der Waals surface area (Å²) in [6.07, 6.45) is 0.917. The molecular formula is C16H20FNO2. The molecular weight excluding hydrogens is 257 g/mol. The van der Waals surface area contributed by atoms with Gasteiger partial charge in [0.1, 0.15) is 11.6 Å². The van der Waals surface area contributed by atoms with Crippen molar-refractivity contribution >= 4 is 5.69 Å². The number of aliphatic hydroxyl groups excluding tert-OH is 1. The van der Waals surface area contributed by atoms with Gasteiger partial charge >= 0.3 is 0 Å². The van der Waals surface area contributed by atoms with Crippen molar-refractivity contribution in [3.8, 4) is 0 Å². The molecule has 0 aliphatic carbocycles. The molecule has 0 saturated heterocycles. The second-order valence-corrected chi connectivity index (χ2v) is 4.93. The minimum atomic E-state index is -0.717. The van der Waals surface area contributed by atoms with Gasteiger partial charge in [0.15, 0.2) is 0 Å². The Morgan fingerprint density at radius 3 is 2.70 bits per heavy atom. The lowest BCUT2D eigenvalue weighted by molar-refractivity contribution is 0.199. The van der Waals surface area contributed by atoms with Crippen LogP contribution in [-0.2, 0) is 6.54 Å². The van der Waals surface area contributed by atoms with Crippen LogP contribution in [-0.4, -0.2) is 11.7 Å². The average Bonchev–Trinajstić information content (AvgIpc) is 2.91. The summed E-state index contributed by atoms with van der Waals surface area (Å²) in [5.41, 5.74) is 2.02. The summed E-state index contributed by atoms with van der Waals surface area (Å²) >= 11 is 0. The fourth-order valence-corrected chi connectivity index (χ4v) is 2.25. The molecule has 0 radical (unpaired) electrons. The first-order valence-corrected chi connectivity index (χ1v) is 6.78. The molecule has 0 fully saturated rings. The van der Waals surface area contributed by atoms with Crippen molar-refractivity contribution in [2.24, 2.45) is 0 Å². The van der Waals surface area contributed by atoms with Crippen molar-refractivity contribution in [2.75, 3.05) is 11.4 Å². The van der Waals surface area contributed by atoms with Crippen molar-refractivity contribution in [1.29, 1.82) is 0 Å². The molecule has 2 rings (SSSR count). The molecule has 1 aromatic carbocycles. The van der Waals surface area contributed by atoms with E-state index in [-0.39, 0.29) is 5.82 Å². The predicted octanol–water partition coefficient (Wildman–Crippen LogP) is 3.81. The zero-order valence-electron chi connectivity index (χ0n) is 12.1. The van der Waals surface area contributed by atoms with Gasteiger partial charge in [-0.25, -0.2) is 4.39 Å². The number of halogens is 1. The Morgan fingerprint density at radius 2 is 2.15 bits per heavy atom. The second-order valence-electron chi connectivity index (χ2n) is 4.93. The lowest BCUT2D eigenvalue weighted by Gasteiger charge is -2.26. The summed E-state index contributed by atoms with van der Waals surface area (Å²) in [5, 5.41) is 9.87. The Morgan fingerprint density at radius 1 is 1.40 bits per heavy atom. The largest absolute Gasteiger partial charge is 0.467 e. The van der Waals surface area contributed by atoms with Crippen molar-refractivity contribution in [1.82, 2.24) is 0 Å². The number of nitrogens with zero attached hydrogens (tertiary/aromatic N) is 1. The Labute approximate surface area is 118 Å². The molecule has 0 amide bonds. The third-order valence-electron chi connectivity index (χ3n) is 3.41. The Kier molecular flexibility index (Phi) is 4.45. The van der Waals surface area contributed by atoms with Gasteiger partial charge in [-0.1, -0.05) is 0 Å². The molecule has 0 bridgehead atoms. The minimum Gasteiger partial charge on any atom is -0.467 e. The molecule has 2 aromatic rings. The number of hydrogen-bond acceptors (Lipinski definition) is 3. The van der Waals surface area contributed by atoms with Gasteiger partial charge in [0.2, 0.25) is 0 Å². The standard InChI is InChI=1S/C16H20FNO2/c1-4-18(10-13-6-5-7-20-13)16-8-11(2)15(17)9-14(16)12(3)19/h5-9,12,19H,4,10H2,1-3H3/t12-/m0/s1. The molecule has 108 valence electrons. The summed E-state index contributed by atoms with van der Waals surface area (Å²) in [6.45, 7) is 6.73. The molecule has 3 nitrogen and oxygen atoms in total. The number of furan rings is 1. The van der Waals surface area contributed by atoms with Crippen LogP contribution >= 0.6 is 0 Å². The highest BCUT2D eigenvalue weighted by atomic mass is 19.1. The molecule has 0 spiro atoms. The maximum absolute atomic E-state index is 13.7. The first kappa shape index (κ1) is 14.6. The van der Waals surface area contributed by atoms with Gasteiger partial charge in [-0.2, -0.15) is 0 Å². The van der Waals surface area contributed by atoms with E-state index in [2.05, 4.69) is 4.90 Å². The summed E-state index contributed by atoms with van der Waals surface area (Å²) in [7, 11) is 0. The molecule has 20 heavy (non-hydrogen) atoms. The fraction of sp³-hybridized carbons (Fsp3) is 0.375. The zero-order valence-corrected chi connectivity index (χ0v) is 12.1. The molecule has 0 saturated carbocycles. The molecule has 0 unspecified atom stereocenters. The Hall–Kier alpha value is -1.81. The maximum atomic E-state index is 13.7. The normalized spacial score (nSPS) is 12.4. The lowest BCUT2D eigenvalue weighted by atomic mass is 10.0. The van der Waals surface area contributed by atoms with E-state index < -0.39 is 6.10 Å². The number of anilines is 1. The second kappa shape index (κ2) is 6.09. The quantitative estimate of drug-likeness (QED) is 0.903. The topological polar surface area (TPSA) is 36.6 Å². The summed E-state index contributed by atoms with van der Waals surface area (Å²) in [5.74, 6) is 0.545. The molecule has 4 heteroatoms. The number of aliphatic hydroxyl groups is 1. The van der Waals surface area contributed by atoms with E-state index in [0.29, 0.717) is 17.7 Å². The summed E-state index contributed by atoms with van der Waals surface area (Å²) < 4.78 is 19.1. The number of benzene rings is 1. The van der Waals surface area contributed by atoms with E-state index in [1.807, 2.05) is 19.1 Å². The molecule has 1 heterocycles. The highest BCUT2D eigenvalue weighted by Gasteiger charge is 2.17. The van der Waals surface area contributed by atoms with Gasteiger partial charge in [0.05, 0.1) is 18.9 Å². The van der Waals surface area contributed by atoms with Crippen LogP contribution in [0.3, 0.4) is 0 Å². The van der Waals surface area contributed by atoms with Crippen LogP contribution in [0.25, 0.3) is 0 Å². The Balaban J connectivity index is 2.39. The van der Waals surface area contributed by atoms with Gasteiger partial charge in [-0.15, -0.1) is 0 Å². The predicted molar refractivity (Wildman–Crippen MR) is 77.2 cm³/mol. The van der Waals surface area contributed by atoms with E-state index in [1.54, 1.807) is 26.2 Å². The van der Waals surface area contributed by atoms with Gasteiger partial charge in [-0.3, -0.25) is 0 Å². The van der Waals surface area contributed by atoms with Crippen LogP contribution in [0, 0.1) is 12.7 Å². The molecule has 1 atom stereocenters. The molecule has 1 N–H and O–H groups in total. The van der Waals surface area contributed by atoms with Crippen LogP contribution in [0.15, 0.2) is 34.9 Å². The molecule has 1 aromatic heterocycles. The van der Waals surface area contributed by atoms with E-state index >= 15 is 0 Å². The van der Waals surface area contributed by atoms with Gasteiger partial charge < -0.3 is 14.4 Å². The number of aryl methyl sites for hydroxylation is 1. The third-order valence-corrected chi connectivity index (χ3v) is 3.41. The van der Waals surface area contributed by atoms with Crippen molar-refractivity contribution in [3.63, 3.8) is 0 Å². The Bertz CT molecular complexity index is 564. The molecule has 0 aliphatic heterocycles. The van der Waals surface area contributed by atoms with Crippen LogP contribution < -0.4 is 4.90 Å². The highest BCUT2D eigenvalue weighted by molar-refractivity contribution is 5.56. The smallest absolute Gasteiger partial charge is 0.126 e. The van der Waals surface area contributed by atoms with Crippen LogP contribution in [0.4, 0.5) is 10.1 Å². The van der Waals surface area contributed by atoms with E-state index in [0.717, 1.165) is 18.0 Å². The number of rotatable bonds is 5. The van der Waals surface area contributed by atoms with Crippen molar-refractivity contribution in [3.05, 3.63) is 53.2 Å². The third kappa shape index (κ3) is 3.02. The SMILES string of the molecule is CCN(Cc1ccco1)c1cc(C)c(F)cc1[C@H](C)O. The summed E-state index contributed by atoms with van der Waals surface area (Å²) in [4.78, 5) is 2.06. The van der Waals surface area contributed by atoms with Crippen LogP contribution in [0.5, 0.6) is 0 Å². The first-order valence-electron chi connectivity index (χ1n) is 6.78. The monoisotopic (exact) mass is 277 g/mol. The van der Waals surface area contributed by atoms with Gasteiger partial charge in [0.25, 0.3) is 0 Å². The van der Waals surface area contributed by atoms with Crippen molar-refractivity contribution < 1.29 is 13.9 Å². The van der Waals surface area contributed by atoms with Crippen LogP contribution in [0.2, 0.25) is 0 Å². The van der Waals surface area contributed by atoms with E-state index in [9.17, 15) is 9.50 Å². The first-order chi connectivity index (χ1) is 9.52. The van der Waals surface area contributed by atoms with Crippen LogP contribution in [0.1, 0.15) is 36.8 Å². The highest BCUT2D eigenvalue weighted by Crippen LogP contribution is 2.30. The van der Waals surface area contributed by atoms with E-state index in [4.69, 9.17) is 4.42 Å². The fourth-order valence-electron chi connectivity index (χ4n) is 2.25. The number of hydrogen-bond donors (Lipinski definition) is 1. The molecule has 0 aliphatic rings. The average molecular weight is 277 g/mol. The maximum Gasteiger partial charge on any atom is 0.126 e. The minimum absolute atomic E-state index is 0.293. The van der Waals surface area contributed by atoms with Gasteiger partial charge in [0, 0.05) is 17.8 Å². The summed E-state index contributed by atoms with van der Waals surface area (Å²) in [6, 6.07) is 6.94.